The summed E-state index contributed by atoms with van der Waals surface area (Å²) in [6, 6.07) is 0. The van der Waals surface area contributed by atoms with Crippen molar-refractivity contribution in [3.63, 3.8) is 0 Å². The molecule has 6 heteroatoms. The maximum Gasteiger partial charge on any atom is 0.234 e. The number of nitrogens with zero attached hydrogens (tertiary/aromatic N) is 1. The molecule has 5 nitrogen and oxygen atoms in total. The Morgan fingerprint density at radius 3 is 2.21 bits per heavy atom. The molecule has 0 aliphatic carbocycles. The predicted molar refractivity (Wildman–Crippen MR) is 54.3 cm³/mol. The molecule has 0 aromatic heterocycles. The first-order valence-corrected chi connectivity index (χ1v) is 5.04. The highest BCUT2D eigenvalue weighted by molar-refractivity contribution is 6.27. The van der Waals surface area contributed by atoms with Gasteiger partial charge in [0.05, 0.1) is 13.2 Å². The van der Waals surface area contributed by atoms with E-state index in [9.17, 15) is 4.79 Å². The number of carbonyl (C=O) groups is 1. The average molecular weight is 225 g/mol. The number of amides is 1. The number of hydrogen-bond donors (Lipinski definition) is 3. The quantitative estimate of drug-likeness (QED) is 0.445. The first-order chi connectivity index (χ1) is 6.74. The van der Waals surface area contributed by atoms with Crippen LogP contribution >= 0.6 is 11.6 Å². The smallest absolute Gasteiger partial charge is 0.234 e. The highest BCUT2D eigenvalue weighted by atomic mass is 35.5. The van der Waals surface area contributed by atoms with E-state index in [0.717, 1.165) is 0 Å². The maximum atomic E-state index is 10.7. The summed E-state index contributed by atoms with van der Waals surface area (Å²) in [5.74, 6) is -0.250. The van der Waals surface area contributed by atoms with Crippen LogP contribution in [0, 0.1) is 0 Å². The summed E-state index contributed by atoms with van der Waals surface area (Å²) in [5, 5.41) is 20.0. The van der Waals surface area contributed by atoms with Crippen LogP contribution in [0.5, 0.6) is 0 Å². The number of alkyl halides is 1. The molecule has 0 saturated carbocycles. The Balaban J connectivity index is 3.54. The van der Waals surface area contributed by atoms with Gasteiger partial charge in [0.15, 0.2) is 0 Å². The fourth-order valence-corrected chi connectivity index (χ4v) is 1.11. The lowest BCUT2D eigenvalue weighted by molar-refractivity contribution is -0.118. The Labute approximate surface area is 88.7 Å². The van der Waals surface area contributed by atoms with Gasteiger partial charge in [0.2, 0.25) is 5.91 Å². The summed E-state index contributed by atoms with van der Waals surface area (Å²) in [6.45, 7) is 2.16. The molecule has 0 unspecified atom stereocenters. The molecule has 0 aromatic rings. The summed E-state index contributed by atoms with van der Waals surface area (Å²) < 4.78 is 0. The zero-order chi connectivity index (χ0) is 10.8. The third-order valence-corrected chi connectivity index (χ3v) is 1.95. The van der Waals surface area contributed by atoms with Crippen molar-refractivity contribution in [1.82, 2.24) is 10.2 Å². The van der Waals surface area contributed by atoms with Crippen LogP contribution in [0.15, 0.2) is 0 Å². The van der Waals surface area contributed by atoms with Gasteiger partial charge in [-0.3, -0.25) is 9.69 Å². The summed E-state index contributed by atoms with van der Waals surface area (Å²) in [7, 11) is 0. The van der Waals surface area contributed by atoms with Gasteiger partial charge in [-0.25, -0.2) is 0 Å². The fourth-order valence-electron chi connectivity index (χ4n) is 1.02. The van der Waals surface area contributed by atoms with Gasteiger partial charge in [-0.1, -0.05) is 0 Å². The van der Waals surface area contributed by atoms with Gasteiger partial charge in [-0.05, 0) is 0 Å². The van der Waals surface area contributed by atoms with Crippen LogP contribution in [0.3, 0.4) is 0 Å². The lowest BCUT2D eigenvalue weighted by Crippen LogP contribution is -2.38. The Hall–Kier alpha value is -0.360. The molecule has 0 atom stereocenters. The minimum absolute atomic E-state index is 0.0417. The van der Waals surface area contributed by atoms with E-state index in [1.165, 1.54) is 0 Å². The van der Waals surface area contributed by atoms with Gasteiger partial charge in [0.1, 0.15) is 5.88 Å². The summed E-state index contributed by atoms with van der Waals surface area (Å²) >= 11 is 5.28. The summed E-state index contributed by atoms with van der Waals surface area (Å²) in [5.41, 5.74) is 0. The Morgan fingerprint density at radius 1 is 1.21 bits per heavy atom. The van der Waals surface area contributed by atoms with E-state index >= 15 is 0 Å². The Kier molecular flexibility index (Phi) is 8.97. The van der Waals surface area contributed by atoms with Crippen molar-refractivity contribution >= 4 is 17.5 Å². The average Bonchev–Trinajstić information content (AvgIpc) is 2.18. The Bertz CT molecular complexity index is 152. The van der Waals surface area contributed by atoms with Crippen LogP contribution in [-0.2, 0) is 4.79 Å². The van der Waals surface area contributed by atoms with E-state index in [4.69, 9.17) is 21.8 Å². The lowest BCUT2D eigenvalue weighted by Gasteiger charge is -2.19. The molecule has 0 spiro atoms. The van der Waals surface area contributed by atoms with E-state index in [-0.39, 0.29) is 25.0 Å². The van der Waals surface area contributed by atoms with Crippen molar-refractivity contribution in [2.24, 2.45) is 0 Å². The number of aliphatic hydroxyl groups is 2. The molecule has 0 aromatic carbocycles. The highest BCUT2D eigenvalue weighted by Crippen LogP contribution is 1.85. The molecule has 84 valence electrons. The van der Waals surface area contributed by atoms with E-state index in [1.54, 1.807) is 0 Å². The topological polar surface area (TPSA) is 72.8 Å². The maximum absolute atomic E-state index is 10.7. The van der Waals surface area contributed by atoms with Gasteiger partial charge in [-0.2, -0.15) is 0 Å². The van der Waals surface area contributed by atoms with Crippen LogP contribution in [0.4, 0.5) is 0 Å². The van der Waals surface area contributed by atoms with Crippen LogP contribution in [0.25, 0.3) is 0 Å². The molecule has 0 radical (unpaired) electrons. The molecular formula is C8H17ClN2O3. The minimum atomic E-state index is -0.209. The van der Waals surface area contributed by atoms with Crippen molar-refractivity contribution < 1.29 is 15.0 Å². The van der Waals surface area contributed by atoms with Gasteiger partial charge >= 0.3 is 0 Å². The SMILES string of the molecule is O=C(CCl)NCCN(CCO)CCO. The number of rotatable bonds is 8. The molecule has 0 heterocycles. The second-order valence-corrected chi connectivity index (χ2v) is 3.04. The number of nitrogens with one attached hydrogen (secondary N) is 1. The first-order valence-electron chi connectivity index (χ1n) is 4.51. The zero-order valence-electron chi connectivity index (χ0n) is 8.08. The largest absolute Gasteiger partial charge is 0.395 e. The van der Waals surface area contributed by atoms with Crippen molar-refractivity contribution in [1.29, 1.82) is 0 Å². The van der Waals surface area contributed by atoms with Gasteiger partial charge in [0.25, 0.3) is 0 Å². The standard InChI is InChI=1S/C8H17ClN2O3/c9-7-8(14)10-1-2-11(3-5-12)4-6-13/h12-13H,1-7H2,(H,10,14). The molecule has 0 fully saturated rings. The van der Waals surface area contributed by atoms with Crippen molar-refractivity contribution in [3.05, 3.63) is 0 Å². The summed E-state index contributed by atoms with van der Waals surface area (Å²) in [4.78, 5) is 12.6. The molecule has 0 rings (SSSR count). The van der Waals surface area contributed by atoms with Gasteiger partial charge < -0.3 is 15.5 Å². The monoisotopic (exact) mass is 224 g/mol. The van der Waals surface area contributed by atoms with E-state index in [2.05, 4.69) is 5.32 Å². The second-order valence-electron chi connectivity index (χ2n) is 2.77. The molecule has 1 amide bonds. The zero-order valence-corrected chi connectivity index (χ0v) is 8.83. The van der Waals surface area contributed by atoms with Crippen LogP contribution in [-0.4, -0.2) is 66.3 Å². The molecule has 3 N–H and O–H groups in total. The normalized spacial score (nSPS) is 10.6. The fraction of sp³-hybridized carbons (Fsp3) is 0.875. The minimum Gasteiger partial charge on any atom is -0.395 e. The van der Waals surface area contributed by atoms with E-state index < -0.39 is 0 Å². The number of aliphatic hydroxyl groups excluding tert-OH is 2. The number of carbonyl (C=O) groups excluding carboxylic acids is 1. The van der Waals surface area contributed by atoms with E-state index in [0.29, 0.717) is 26.2 Å². The molecule has 0 aliphatic rings. The van der Waals surface area contributed by atoms with Gasteiger partial charge in [0, 0.05) is 26.2 Å². The van der Waals surface area contributed by atoms with Crippen molar-refractivity contribution in [2.75, 3.05) is 45.3 Å². The third kappa shape index (κ3) is 7.08. The molecule has 0 bridgehead atoms. The van der Waals surface area contributed by atoms with Gasteiger partial charge in [-0.15, -0.1) is 11.6 Å². The number of hydrogen-bond acceptors (Lipinski definition) is 4. The predicted octanol–water partition coefficient (Wildman–Crippen LogP) is -1.37. The van der Waals surface area contributed by atoms with E-state index in [1.807, 2.05) is 4.90 Å². The second kappa shape index (κ2) is 9.21. The third-order valence-electron chi connectivity index (χ3n) is 1.70. The first kappa shape index (κ1) is 13.6. The van der Waals surface area contributed by atoms with Crippen LogP contribution in [0.2, 0.25) is 0 Å². The molecular weight excluding hydrogens is 208 g/mol. The molecule has 0 saturated heterocycles. The van der Waals surface area contributed by atoms with Crippen LogP contribution < -0.4 is 5.32 Å². The van der Waals surface area contributed by atoms with Crippen molar-refractivity contribution in [3.8, 4) is 0 Å². The highest BCUT2D eigenvalue weighted by Gasteiger charge is 2.03. The molecule has 14 heavy (non-hydrogen) atoms. The van der Waals surface area contributed by atoms with Crippen molar-refractivity contribution in [2.45, 2.75) is 0 Å². The lowest BCUT2D eigenvalue weighted by atomic mass is 10.4. The number of halogens is 1. The van der Waals surface area contributed by atoms with Crippen LogP contribution in [0.1, 0.15) is 0 Å². The Morgan fingerprint density at radius 2 is 1.79 bits per heavy atom. The molecule has 0 aliphatic heterocycles. The summed E-state index contributed by atoms with van der Waals surface area (Å²) in [6.07, 6.45) is 0.